The fourth-order valence-electron chi connectivity index (χ4n) is 2.86. The average Bonchev–Trinajstić information content (AvgIpc) is 2.90. The normalized spacial score (nSPS) is 28.7. The number of morpholine rings is 1. The van der Waals surface area contributed by atoms with Crippen LogP contribution in [0, 0.1) is 6.92 Å². The first kappa shape index (κ1) is 10.8. The third-order valence-electron chi connectivity index (χ3n) is 3.86. The zero-order valence-electron chi connectivity index (χ0n) is 9.79. The number of nitrogens with one attached hydrogen (secondary N) is 1. The molecule has 1 aromatic rings. The fraction of sp³-hybridized carbons (Fsp3) is 0.692. The summed E-state index contributed by atoms with van der Waals surface area (Å²) in [6, 6.07) is 4.39. The minimum Gasteiger partial charge on any atom is -0.369 e. The molecule has 2 aliphatic rings. The Hall–Kier alpha value is -0.380. The Balaban J connectivity index is 1.66. The van der Waals surface area contributed by atoms with Crippen molar-refractivity contribution in [2.75, 3.05) is 13.2 Å². The minimum atomic E-state index is 0.282. The summed E-state index contributed by atoms with van der Waals surface area (Å²) >= 11 is 1.86. The van der Waals surface area contributed by atoms with Gasteiger partial charge in [0.1, 0.15) is 6.10 Å². The van der Waals surface area contributed by atoms with Crippen LogP contribution < -0.4 is 5.32 Å². The van der Waals surface area contributed by atoms with Gasteiger partial charge in [-0.05, 0) is 31.9 Å². The van der Waals surface area contributed by atoms with Crippen molar-refractivity contribution in [3.05, 3.63) is 21.9 Å². The molecular formula is C13H19NOS. The monoisotopic (exact) mass is 237 g/mol. The molecule has 1 aliphatic heterocycles. The van der Waals surface area contributed by atoms with E-state index in [4.69, 9.17) is 4.74 Å². The first-order valence-electron chi connectivity index (χ1n) is 6.20. The zero-order chi connectivity index (χ0) is 11.0. The average molecular weight is 237 g/mol. The fourth-order valence-corrected chi connectivity index (χ4v) is 3.79. The maximum absolute atomic E-state index is 6.06. The van der Waals surface area contributed by atoms with Gasteiger partial charge < -0.3 is 10.1 Å². The van der Waals surface area contributed by atoms with E-state index < -0.39 is 0 Å². The quantitative estimate of drug-likeness (QED) is 0.810. The Morgan fingerprint density at radius 2 is 2.19 bits per heavy atom. The van der Waals surface area contributed by atoms with Crippen LogP contribution in [0.5, 0.6) is 0 Å². The van der Waals surface area contributed by atoms with Crippen LogP contribution in [-0.4, -0.2) is 18.7 Å². The van der Waals surface area contributed by atoms with E-state index in [1.54, 1.807) is 0 Å². The molecular weight excluding hydrogens is 218 g/mol. The van der Waals surface area contributed by atoms with Crippen LogP contribution in [0.2, 0.25) is 0 Å². The van der Waals surface area contributed by atoms with Crippen molar-refractivity contribution in [2.45, 2.75) is 44.2 Å². The second-order valence-electron chi connectivity index (χ2n) is 5.12. The van der Waals surface area contributed by atoms with Crippen molar-refractivity contribution in [1.29, 1.82) is 0 Å². The summed E-state index contributed by atoms with van der Waals surface area (Å²) in [6.45, 7) is 4.04. The molecule has 1 aromatic heterocycles. The van der Waals surface area contributed by atoms with Crippen LogP contribution in [0.25, 0.3) is 0 Å². The number of hydrogen-bond acceptors (Lipinski definition) is 3. The molecule has 1 unspecified atom stereocenters. The molecule has 16 heavy (non-hydrogen) atoms. The van der Waals surface area contributed by atoms with Crippen molar-refractivity contribution in [2.24, 2.45) is 0 Å². The molecule has 2 fully saturated rings. The molecule has 1 N–H and O–H groups in total. The maximum Gasteiger partial charge on any atom is 0.104 e. The highest BCUT2D eigenvalue weighted by Crippen LogP contribution is 2.36. The van der Waals surface area contributed by atoms with Crippen molar-refractivity contribution >= 4 is 11.3 Å². The van der Waals surface area contributed by atoms with Crippen LogP contribution in [0.3, 0.4) is 0 Å². The molecule has 1 spiro atoms. The molecule has 1 saturated heterocycles. The summed E-state index contributed by atoms with van der Waals surface area (Å²) in [5.74, 6) is 0. The van der Waals surface area contributed by atoms with Crippen LogP contribution in [0.1, 0.15) is 41.5 Å². The SMILES string of the molecule is Cc1ccc(C2CNC3(CCCC3)CO2)s1. The summed E-state index contributed by atoms with van der Waals surface area (Å²) in [5.41, 5.74) is 0.322. The zero-order valence-corrected chi connectivity index (χ0v) is 10.6. The van der Waals surface area contributed by atoms with Crippen LogP contribution in [0.4, 0.5) is 0 Å². The van der Waals surface area contributed by atoms with Gasteiger partial charge in [0.05, 0.1) is 6.61 Å². The van der Waals surface area contributed by atoms with E-state index in [1.807, 2.05) is 11.3 Å². The molecule has 0 aromatic carbocycles. The standard InChI is InChI=1S/C13H19NOS/c1-10-4-5-12(16-10)11-8-14-13(9-15-11)6-2-3-7-13/h4-5,11,14H,2-3,6-9H2,1H3. The van der Waals surface area contributed by atoms with Crippen molar-refractivity contribution < 1.29 is 4.74 Å². The molecule has 3 rings (SSSR count). The van der Waals surface area contributed by atoms with E-state index in [1.165, 1.54) is 35.4 Å². The molecule has 0 amide bonds. The van der Waals surface area contributed by atoms with Gasteiger partial charge >= 0.3 is 0 Å². The predicted molar refractivity (Wildman–Crippen MR) is 67.0 cm³/mol. The van der Waals surface area contributed by atoms with E-state index in [-0.39, 0.29) is 6.10 Å². The van der Waals surface area contributed by atoms with E-state index in [0.717, 1.165) is 13.2 Å². The molecule has 88 valence electrons. The summed E-state index contributed by atoms with van der Waals surface area (Å²) in [4.78, 5) is 2.75. The van der Waals surface area contributed by atoms with E-state index in [2.05, 4.69) is 24.4 Å². The number of rotatable bonds is 1. The second-order valence-corrected chi connectivity index (χ2v) is 6.44. The largest absolute Gasteiger partial charge is 0.369 e. The third-order valence-corrected chi connectivity index (χ3v) is 4.96. The van der Waals surface area contributed by atoms with E-state index in [0.29, 0.717) is 5.54 Å². The van der Waals surface area contributed by atoms with Crippen LogP contribution in [0.15, 0.2) is 12.1 Å². The van der Waals surface area contributed by atoms with Crippen molar-refractivity contribution in [3.63, 3.8) is 0 Å². The Kier molecular flexibility index (Phi) is 2.78. The highest BCUT2D eigenvalue weighted by atomic mass is 32.1. The number of hydrogen-bond donors (Lipinski definition) is 1. The molecule has 0 bridgehead atoms. The predicted octanol–water partition coefficient (Wildman–Crippen LogP) is 3.03. The van der Waals surface area contributed by atoms with E-state index >= 15 is 0 Å². The van der Waals surface area contributed by atoms with Gasteiger partial charge in [-0.2, -0.15) is 0 Å². The molecule has 1 aliphatic carbocycles. The molecule has 3 heteroatoms. The number of ether oxygens (including phenoxy) is 1. The smallest absolute Gasteiger partial charge is 0.104 e. The molecule has 1 saturated carbocycles. The summed E-state index contributed by atoms with van der Waals surface area (Å²) in [5, 5.41) is 3.73. The van der Waals surface area contributed by atoms with Gasteiger partial charge in [-0.1, -0.05) is 12.8 Å². The van der Waals surface area contributed by atoms with Gasteiger partial charge in [-0.3, -0.25) is 0 Å². The van der Waals surface area contributed by atoms with Crippen LogP contribution in [-0.2, 0) is 4.74 Å². The molecule has 0 radical (unpaired) electrons. The second kappa shape index (κ2) is 4.13. The molecule has 2 nitrogen and oxygen atoms in total. The lowest BCUT2D eigenvalue weighted by atomic mass is 9.96. The Morgan fingerprint density at radius 1 is 1.38 bits per heavy atom. The van der Waals surface area contributed by atoms with Gasteiger partial charge in [0.2, 0.25) is 0 Å². The van der Waals surface area contributed by atoms with Crippen molar-refractivity contribution in [3.8, 4) is 0 Å². The highest BCUT2D eigenvalue weighted by molar-refractivity contribution is 7.12. The Bertz CT molecular complexity index is 358. The maximum atomic E-state index is 6.06. The third kappa shape index (κ3) is 1.92. The topological polar surface area (TPSA) is 21.3 Å². The van der Waals surface area contributed by atoms with E-state index in [9.17, 15) is 0 Å². The van der Waals surface area contributed by atoms with Gasteiger partial charge in [0, 0.05) is 21.8 Å². The number of aryl methyl sites for hydroxylation is 1. The lowest BCUT2D eigenvalue weighted by molar-refractivity contribution is -0.0309. The van der Waals surface area contributed by atoms with Crippen LogP contribution >= 0.6 is 11.3 Å². The highest BCUT2D eigenvalue weighted by Gasteiger charge is 2.38. The lowest BCUT2D eigenvalue weighted by Crippen LogP contribution is -2.52. The van der Waals surface area contributed by atoms with Crippen molar-refractivity contribution in [1.82, 2.24) is 5.32 Å². The Morgan fingerprint density at radius 3 is 2.75 bits per heavy atom. The Labute approximate surface area is 101 Å². The molecule has 2 heterocycles. The summed E-state index contributed by atoms with van der Waals surface area (Å²) in [6.07, 6.45) is 5.59. The number of thiophene rings is 1. The first-order valence-corrected chi connectivity index (χ1v) is 7.02. The first-order chi connectivity index (χ1) is 7.77. The lowest BCUT2D eigenvalue weighted by Gasteiger charge is -2.38. The van der Waals surface area contributed by atoms with Gasteiger partial charge in [0.15, 0.2) is 0 Å². The minimum absolute atomic E-state index is 0.282. The van der Waals surface area contributed by atoms with Gasteiger partial charge in [0.25, 0.3) is 0 Å². The van der Waals surface area contributed by atoms with Gasteiger partial charge in [-0.25, -0.2) is 0 Å². The summed E-state index contributed by atoms with van der Waals surface area (Å²) < 4.78 is 6.06. The molecule has 1 atom stereocenters. The van der Waals surface area contributed by atoms with Gasteiger partial charge in [-0.15, -0.1) is 11.3 Å². The summed E-state index contributed by atoms with van der Waals surface area (Å²) in [7, 11) is 0.